The minimum Gasteiger partial charge on any atom is -0.323 e. The quantitative estimate of drug-likeness (QED) is 0.510. The Morgan fingerprint density at radius 1 is 0.967 bits per heavy atom. The van der Waals surface area contributed by atoms with Crippen LogP contribution in [0, 0.1) is 0 Å². The minimum absolute atomic E-state index is 0.203. The standard InChI is InChI=1S/C22H20N4O3S/c1-15(27)24-20-12-18(17-9-6-10-19(11-17)25-30(2,28)29)14-26-21(13-23-22(20)26)16-7-4-3-5-8-16/h3-14,25H,1-2H3,(H,24,27). The van der Waals surface area contributed by atoms with Gasteiger partial charge >= 0.3 is 0 Å². The van der Waals surface area contributed by atoms with Gasteiger partial charge in [0.05, 0.1) is 23.8 Å². The Balaban J connectivity index is 1.90. The second-order valence-electron chi connectivity index (χ2n) is 6.98. The van der Waals surface area contributed by atoms with E-state index in [0.29, 0.717) is 17.0 Å². The normalized spacial score (nSPS) is 11.4. The number of benzene rings is 2. The molecule has 0 aliphatic carbocycles. The van der Waals surface area contributed by atoms with Gasteiger partial charge in [-0.05, 0) is 23.8 Å². The third-order valence-electron chi connectivity index (χ3n) is 4.49. The van der Waals surface area contributed by atoms with Crippen LogP contribution in [-0.4, -0.2) is 30.0 Å². The number of sulfonamides is 1. The first-order valence-electron chi connectivity index (χ1n) is 9.22. The summed E-state index contributed by atoms with van der Waals surface area (Å²) in [4.78, 5) is 16.3. The number of nitrogens with zero attached hydrogens (tertiary/aromatic N) is 2. The van der Waals surface area contributed by atoms with Crippen LogP contribution in [0.3, 0.4) is 0 Å². The third kappa shape index (κ3) is 4.18. The van der Waals surface area contributed by atoms with E-state index in [-0.39, 0.29) is 5.91 Å². The molecular weight excluding hydrogens is 400 g/mol. The van der Waals surface area contributed by atoms with E-state index in [1.807, 2.05) is 53.1 Å². The van der Waals surface area contributed by atoms with E-state index in [2.05, 4.69) is 15.0 Å². The van der Waals surface area contributed by atoms with E-state index >= 15 is 0 Å². The molecule has 0 atom stereocenters. The molecule has 0 saturated heterocycles. The topological polar surface area (TPSA) is 92.6 Å². The maximum absolute atomic E-state index is 11.8. The van der Waals surface area contributed by atoms with Crippen molar-refractivity contribution < 1.29 is 13.2 Å². The largest absolute Gasteiger partial charge is 0.323 e. The van der Waals surface area contributed by atoms with Gasteiger partial charge in [0.2, 0.25) is 15.9 Å². The van der Waals surface area contributed by atoms with E-state index in [1.165, 1.54) is 6.92 Å². The summed E-state index contributed by atoms with van der Waals surface area (Å²) in [6.07, 6.45) is 4.80. The van der Waals surface area contributed by atoms with Gasteiger partial charge in [0.1, 0.15) is 0 Å². The molecule has 0 unspecified atom stereocenters. The van der Waals surface area contributed by atoms with Gasteiger partial charge in [-0.25, -0.2) is 13.4 Å². The van der Waals surface area contributed by atoms with Crippen molar-refractivity contribution in [2.75, 3.05) is 16.3 Å². The predicted molar refractivity (Wildman–Crippen MR) is 119 cm³/mol. The fourth-order valence-corrected chi connectivity index (χ4v) is 3.88. The number of nitrogens with one attached hydrogen (secondary N) is 2. The number of hydrogen-bond donors (Lipinski definition) is 2. The lowest BCUT2D eigenvalue weighted by Gasteiger charge is -2.12. The van der Waals surface area contributed by atoms with Crippen LogP contribution in [0.15, 0.2) is 73.1 Å². The number of aromatic nitrogens is 2. The lowest BCUT2D eigenvalue weighted by molar-refractivity contribution is -0.114. The molecule has 4 rings (SSSR count). The molecular formula is C22H20N4O3S. The molecule has 4 aromatic rings. The molecule has 0 radical (unpaired) electrons. The SMILES string of the molecule is CC(=O)Nc1cc(-c2cccc(NS(C)(=O)=O)c2)cn2c(-c3ccccc3)cnc12. The number of amides is 1. The molecule has 0 aliphatic heterocycles. The van der Waals surface area contributed by atoms with Gasteiger partial charge in [0.15, 0.2) is 5.65 Å². The van der Waals surface area contributed by atoms with Crippen LogP contribution in [0.4, 0.5) is 11.4 Å². The Kier molecular flexibility index (Phi) is 5.01. The second kappa shape index (κ2) is 7.64. The molecule has 7 nitrogen and oxygen atoms in total. The van der Waals surface area contributed by atoms with Crippen LogP contribution < -0.4 is 10.0 Å². The molecule has 8 heteroatoms. The Labute approximate surface area is 174 Å². The summed E-state index contributed by atoms with van der Waals surface area (Å²) in [5.74, 6) is -0.203. The van der Waals surface area contributed by atoms with E-state index in [4.69, 9.17) is 0 Å². The summed E-state index contributed by atoms with van der Waals surface area (Å²) in [6.45, 7) is 1.45. The first-order valence-corrected chi connectivity index (χ1v) is 11.1. The van der Waals surface area contributed by atoms with Crippen LogP contribution in [0.25, 0.3) is 28.0 Å². The molecule has 2 aromatic heterocycles. The highest BCUT2D eigenvalue weighted by Gasteiger charge is 2.14. The van der Waals surface area contributed by atoms with Gasteiger partial charge in [-0.15, -0.1) is 0 Å². The molecule has 30 heavy (non-hydrogen) atoms. The Hall–Kier alpha value is -3.65. The van der Waals surface area contributed by atoms with E-state index in [0.717, 1.165) is 28.6 Å². The van der Waals surface area contributed by atoms with Crippen molar-refractivity contribution in [1.82, 2.24) is 9.38 Å². The monoisotopic (exact) mass is 420 g/mol. The summed E-state index contributed by atoms with van der Waals surface area (Å²) in [6, 6.07) is 18.8. The number of anilines is 2. The van der Waals surface area contributed by atoms with E-state index in [1.54, 1.807) is 24.4 Å². The molecule has 1 amide bonds. The minimum atomic E-state index is -3.39. The number of carbonyl (C=O) groups excluding carboxylic acids is 1. The van der Waals surface area contributed by atoms with Gasteiger partial charge in [-0.1, -0.05) is 42.5 Å². The van der Waals surface area contributed by atoms with E-state index < -0.39 is 10.0 Å². The second-order valence-corrected chi connectivity index (χ2v) is 8.73. The zero-order chi connectivity index (χ0) is 21.3. The third-order valence-corrected chi connectivity index (χ3v) is 5.09. The molecule has 0 fully saturated rings. The summed E-state index contributed by atoms with van der Waals surface area (Å²) < 4.78 is 27.6. The van der Waals surface area contributed by atoms with Gasteiger partial charge in [-0.3, -0.25) is 13.9 Å². The van der Waals surface area contributed by atoms with Gasteiger partial charge < -0.3 is 5.32 Å². The average molecular weight is 420 g/mol. The molecule has 0 bridgehead atoms. The van der Waals surface area contributed by atoms with Crippen LogP contribution in [0.5, 0.6) is 0 Å². The number of fused-ring (bicyclic) bond motifs is 1. The Morgan fingerprint density at radius 3 is 2.40 bits per heavy atom. The summed E-state index contributed by atoms with van der Waals surface area (Å²) in [5.41, 5.74) is 5.13. The van der Waals surface area contributed by atoms with Crippen LogP contribution in [-0.2, 0) is 14.8 Å². The number of imidazole rings is 1. The van der Waals surface area contributed by atoms with Crippen LogP contribution in [0.2, 0.25) is 0 Å². The van der Waals surface area contributed by atoms with E-state index in [9.17, 15) is 13.2 Å². The maximum atomic E-state index is 11.8. The molecule has 0 saturated carbocycles. The highest BCUT2D eigenvalue weighted by molar-refractivity contribution is 7.92. The molecule has 0 spiro atoms. The fraction of sp³-hybridized carbons (Fsp3) is 0.0909. The summed E-state index contributed by atoms with van der Waals surface area (Å²) in [5, 5.41) is 2.84. The van der Waals surface area contributed by atoms with Crippen molar-refractivity contribution in [3.8, 4) is 22.4 Å². The number of pyridine rings is 1. The zero-order valence-corrected chi connectivity index (χ0v) is 17.3. The highest BCUT2D eigenvalue weighted by atomic mass is 32.2. The average Bonchev–Trinajstić information content (AvgIpc) is 3.11. The maximum Gasteiger partial charge on any atom is 0.229 e. The lowest BCUT2D eigenvalue weighted by atomic mass is 10.1. The Morgan fingerprint density at radius 2 is 1.70 bits per heavy atom. The first kappa shape index (κ1) is 19.7. The zero-order valence-electron chi connectivity index (χ0n) is 16.5. The van der Waals surface area contributed by atoms with Crippen molar-refractivity contribution in [2.24, 2.45) is 0 Å². The van der Waals surface area contributed by atoms with Crippen LogP contribution in [0.1, 0.15) is 6.92 Å². The van der Waals surface area contributed by atoms with Crippen molar-refractivity contribution in [3.63, 3.8) is 0 Å². The Bertz CT molecular complexity index is 1350. The number of carbonyl (C=O) groups is 1. The molecule has 2 heterocycles. The van der Waals surface area contributed by atoms with Crippen molar-refractivity contribution >= 4 is 33.0 Å². The molecule has 2 N–H and O–H groups in total. The summed E-state index contributed by atoms with van der Waals surface area (Å²) in [7, 11) is -3.39. The van der Waals surface area contributed by atoms with Crippen molar-refractivity contribution in [3.05, 3.63) is 73.1 Å². The van der Waals surface area contributed by atoms with Crippen LogP contribution >= 0.6 is 0 Å². The van der Waals surface area contributed by atoms with Gasteiger partial charge in [-0.2, -0.15) is 0 Å². The predicted octanol–water partition coefficient (Wildman–Crippen LogP) is 4.00. The molecule has 152 valence electrons. The number of rotatable bonds is 5. The smallest absolute Gasteiger partial charge is 0.229 e. The van der Waals surface area contributed by atoms with Gasteiger partial charge in [0, 0.05) is 29.9 Å². The molecule has 2 aromatic carbocycles. The van der Waals surface area contributed by atoms with Gasteiger partial charge in [0.25, 0.3) is 0 Å². The molecule has 0 aliphatic rings. The highest BCUT2D eigenvalue weighted by Crippen LogP contribution is 2.31. The van der Waals surface area contributed by atoms with Crippen molar-refractivity contribution in [2.45, 2.75) is 6.92 Å². The van der Waals surface area contributed by atoms with Crippen molar-refractivity contribution in [1.29, 1.82) is 0 Å². The lowest BCUT2D eigenvalue weighted by Crippen LogP contribution is -2.09. The number of hydrogen-bond acceptors (Lipinski definition) is 4. The first-order chi connectivity index (χ1) is 14.3. The summed E-state index contributed by atoms with van der Waals surface area (Å²) >= 11 is 0. The fourth-order valence-electron chi connectivity index (χ4n) is 3.33.